The SMILES string of the molecule is CCCNC1CCN(C(C)C(=O)NC(C)CC)CC1CC. The van der Waals surface area contributed by atoms with Crippen molar-refractivity contribution in [2.75, 3.05) is 19.6 Å². The summed E-state index contributed by atoms with van der Waals surface area (Å²) in [6, 6.07) is 0.877. The second kappa shape index (κ2) is 9.42. The highest BCUT2D eigenvalue weighted by Crippen LogP contribution is 2.22. The van der Waals surface area contributed by atoms with Crippen LogP contribution in [0.3, 0.4) is 0 Å². The fourth-order valence-electron chi connectivity index (χ4n) is 3.06. The molecule has 0 aromatic carbocycles. The number of rotatable bonds is 8. The third-order valence-corrected chi connectivity index (χ3v) is 4.87. The van der Waals surface area contributed by atoms with Crippen LogP contribution in [-0.4, -0.2) is 48.6 Å². The van der Waals surface area contributed by atoms with Crippen molar-refractivity contribution < 1.29 is 4.79 Å². The van der Waals surface area contributed by atoms with Crippen LogP contribution in [0, 0.1) is 5.92 Å². The summed E-state index contributed by atoms with van der Waals surface area (Å²) in [6.07, 6.45) is 4.50. The maximum absolute atomic E-state index is 12.3. The zero-order valence-electron chi connectivity index (χ0n) is 14.6. The maximum atomic E-state index is 12.3. The van der Waals surface area contributed by atoms with Crippen LogP contribution < -0.4 is 10.6 Å². The molecule has 124 valence electrons. The molecule has 1 aliphatic rings. The first kappa shape index (κ1) is 18.4. The predicted molar refractivity (Wildman–Crippen MR) is 89.4 cm³/mol. The van der Waals surface area contributed by atoms with Crippen molar-refractivity contribution >= 4 is 5.91 Å². The molecule has 1 rings (SSSR count). The summed E-state index contributed by atoms with van der Waals surface area (Å²) in [4.78, 5) is 14.6. The van der Waals surface area contributed by atoms with E-state index in [9.17, 15) is 4.79 Å². The van der Waals surface area contributed by atoms with Crippen LogP contribution in [-0.2, 0) is 4.79 Å². The van der Waals surface area contributed by atoms with Crippen LogP contribution in [0.25, 0.3) is 0 Å². The average molecular weight is 297 g/mol. The lowest BCUT2D eigenvalue weighted by Gasteiger charge is -2.41. The molecule has 4 atom stereocenters. The first-order chi connectivity index (χ1) is 10.0. The number of hydrogen-bond acceptors (Lipinski definition) is 3. The molecule has 1 saturated heterocycles. The predicted octanol–water partition coefficient (Wildman–Crippen LogP) is 2.39. The van der Waals surface area contributed by atoms with Crippen molar-refractivity contribution in [2.45, 2.75) is 78.4 Å². The summed E-state index contributed by atoms with van der Waals surface area (Å²) < 4.78 is 0. The van der Waals surface area contributed by atoms with Gasteiger partial charge >= 0.3 is 0 Å². The Labute approximate surface area is 131 Å². The van der Waals surface area contributed by atoms with E-state index in [1.54, 1.807) is 0 Å². The molecule has 0 saturated carbocycles. The maximum Gasteiger partial charge on any atom is 0.237 e. The zero-order chi connectivity index (χ0) is 15.8. The fraction of sp³-hybridized carbons (Fsp3) is 0.941. The van der Waals surface area contributed by atoms with Gasteiger partial charge in [-0.3, -0.25) is 9.69 Å². The summed E-state index contributed by atoms with van der Waals surface area (Å²) in [5.41, 5.74) is 0. The molecule has 0 aromatic rings. The molecule has 1 heterocycles. The fourth-order valence-corrected chi connectivity index (χ4v) is 3.06. The molecule has 0 spiro atoms. The lowest BCUT2D eigenvalue weighted by molar-refractivity contribution is -0.127. The van der Waals surface area contributed by atoms with Gasteiger partial charge in [0.2, 0.25) is 5.91 Å². The van der Waals surface area contributed by atoms with E-state index >= 15 is 0 Å². The Kier molecular flexibility index (Phi) is 8.27. The minimum absolute atomic E-state index is 0.0137. The third kappa shape index (κ3) is 5.59. The van der Waals surface area contributed by atoms with Gasteiger partial charge < -0.3 is 10.6 Å². The Morgan fingerprint density at radius 3 is 2.57 bits per heavy atom. The van der Waals surface area contributed by atoms with Crippen LogP contribution in [0.4, 0.5) is 0 Å². The van der Waals surface area contributed by atoms with Gasteiger partial charge in [-0.25, -0.2) is 0 Å². The Balaban J connectivity index is 2.52. The minimum atomic E-state index is -0.0137. The zero-order valence-corrected chi connectivity index (χ0v) is 14.6. The number of carbonyl (C=O) groups excluding carboxylic acids is 1. The largest absolute Gasteiger partial charge is 0.352 e. The van der Waals surface area contributed by atoms with Crippen molar-refractivity contribution in [3.8, 4) is 0 Å². The van der Waals surface area contributed by atoms with E-state index in [4.69, 9.17) is 0 Å². The van der Waals surface area contributed by atoms with Gasteiger partial charge in [0.1, 0.15) is 0 Å². The number of amides is 1. The number of nitrogens with zero attached hydrogens (tertiary/aromatic N) is 1. The van der Waals surface area contributed by atoms with E-state index in [1.165, 1.54) is 12.8 Å². The Morgan fingerprint density at radius 2 is 2.00 bits per heavy atom. The highest BCUT2D eigenvalue weighted by molar-refractivity contribution is 5.81. The molecule has 0 aromatic heterocycles. The van der Waals surface area contributed by atoms with Gasteiger partial charge in [-0.15, -0.1) is 0 Å². The number of carbonyl (C=O) groups is 1. The molecular formula is C17H35N3O. The lowest BCUT2D eigenvalue weighted by Crippen LogP contribution is -2.55. The summed E-state index contributed by atoms with van der Waals surface area (Å²) in [5, 5.41) is 6.78. The molecule has 0 radical (unpaired) electrons. The van der Waals surface area contributed by atoms with Crippen molar-refractivity contribution in [3.63, 3.8) is 0 Å². The van der Waals surface area contributed by atoms with E-state index < -0.39 is 0 Å². The molecule has 4 unspecified atom stereocenters. The highest BCUT2D eigenvalue weighted by Gasteiger charge is 2.32. The van der Waals surface area contributed by atoms with Crippen molar-refractivity contribution in [2.24, 2.45) is 5.92 Å². The van der Waals surface area contributed by atoms with E-state index in [1.807, 2.05) is 6.92 Å². The lowest BCUT2D eigenvalue weighted by atomic mass is 9.89. The second-order valence-corrected chi connectivity index (χ2v) is 6.51. The number of nitrogens with one attached hydrogen (secondary N) is 2. The van der Waals surface area contributed by atoms with Gasteiger partial charge in [-0.05, 0) is 45.6 Å². The third-order valence-electron chi connectivity index (χ3n) is 4.87. The molecule has 2 N–H and O–H groups in total. The van der Waals surface area contributed by atoms with Gasteiger partial charge in [0.25, 0.3) is 0 Å². The summed E-state index contributed by atoms with van der Waals surface area (Å²) >= 11 is 0. The summed E-state index contributed by atoms with van der Waals surface area (Å²) in [6.45, 7) is 13.9. The van der Waals surface area contributed by atoms with Crippen LogP contribution in [0.1, 0.15) is 60.3 Å². The number of likely N-dealkylation sites (tertiary alicyclic amines) is 1. The summed E-state index contributed by atoms with van der Waals surface area (Å²) in [5.74, 6) is 0.836. The molecule has 1 amide bonds. The van der Waals surface area contributed by atoms with Gasteiger partial charge in [0.05, 0.1) is 6.04 Å². The average Bonchev–Trinajstić information content (AvgIpc) is 2.51. The van der Waals surface area contributed by atoms with Gasteiger partial charge in [0.15, 0.2) is 0 Å². The quantitative estimate of drug-likeness (QED) is 0.723. The molecule has 1 aliphatic heterocycles. The molecule has 4 heteroatoms. The standard InChI is InChI=1S/C17H35N3O/c1-6-10-18-16-9-11-20(12-15(16)8-3)14(5)17(21)19-13(4)7-2/h13-16,18H,6-12H2,1-5H3,(H,19,21). The van der Waals surface area contributed by atoms with E-state index in [0.29, 0.717) is 12.0 Å². The second-order valence-electron chi connectivity index (χ2n) is 6.51. The van der Waals surface area contributed by atoms with Crippen LogP contribution in [0.5, 0.6) is 0 Å². The first-order valence-electron chi connectivity index (χ1n) is 8.81. The van der Waals surface area contributed by atoms with Crippen molar-refractivity contribution in [3.05, 3.63) is 0 Å². The van der Waals surface area contributed by atoms with Crippen molar-refractivity contribution in [1.82, 2.24) is 15.5 Å². The Morgan fingerprint density at radius 1 is 1.29 bits per heavy atom. The number of hydrogen-bond donors (Lipinski definition) is 2. The topological polar surface area (TPSA) is 44.4 Å². The Hall–Kier alpha value is -0.610. The van der Waals surface area contributed by atoms with Gasteiger partial charge in [-0.1, -0.05) is 27.2 Å². The van der Waals surface area contributed by atoms with Gasteiger partial charge in [-0.2, -0.15) is 0 Å². The number of piperidine rings is 1. The highest BCUT2D eigenvalue weighted by atomic mass is 16.2. The van der Waals surface area contributed by atoms with Crippen molar-refractivity contribution in [1.29, 1.82) is 0 Å². The molecule has 21 heavy (non-hydrogen) atoms. The summed E-state index contributed by atoms with van der Waals surface area (Å²) in [7, 11) is 0. The molecule has 0 aliphatic carbocycles. The van der Waals surface area contributed by atoms with E-state index in [2.05, 4.69) is 43.2 Å². The minimum Gasteiger partial charge on any atom is -0.352 e. The Bertz CT molecular complexity index is 308. The molecule has 4 nitrogen and oxygen atoms in total. The normalized spacial score (nSPS) is 26.3. The van der Waals surface area contributed by atoms with Crippen LogP contribution >= 0.6 is 0 Å². The molecular weight excluding hydrogens is 262 g/mol. The van der Waals surface area contributed by atoms with Gasteiger partial charge in [0, 0.05) is 25.2 Å². The smallest absolute Gasteiger partial charge is 0.237 e. The van der Waals surface area contributed by atoms with Crippen LogP contribution in [0.2, 0.25) is 0 Å². The monoisotopic (exact) mass is 297 g/mol. The van der Waals surface area contributed by atoms with E-state index in [0.717, 1.165) is 32.5 Å². The van der Waals surface area contributed by atoms with E-state index in [-0.39, 0.29) is 18.0 Å². The van der Waals surface area contributed by atoms with Crippen LogP contribution in [0.15, 0.2) is 0 Å². The molecule has 0 bridgehead atoms. The first-order valence-corrected chi connectivity index (χ1v) is 8.81. The molecule has 1 fully saturated rings.